The van der Waals surface area contributed by atoms with Crippen LogP contribution >= 0.6 is 0 Å². The molecule has 0 unspecified atom stereocenters. The van der Waals surface area contributed by atoms with Crippen LogP contribution in [-0.4, -0.2) is 0 Å². The molecule has 2 aliphatic rings. The standard InChI is InChI=1S/C10H16/c1-4-7-9-8(10(7)9)5-6(2)3/h6-8H,4-5H2,1-3H3. The van der Waals surface area contributed by atoms with Gasteiger partial charge in [-0.1, -0.05) is 31.9 Å². The highest BCUT2D eigenvalue weighted by atomic mass is 14.6. The Kier molecular flexibility index (Phi) is 1.21. The van der Waals surface area contributed by atoms with Crippen molar-refractivity contribution < 1.29 is 0 Å². The van der Waals surface area contributed by atoms with Gasteiger partial charge < -0.3 is 0 Å². The third-order valence-electron chi connectivity index (χ3n) is 2.78. The Bertz CT molecular complexity index is 172. The molecule has 0 fully saturated rings. The van der Waals surface area contributed by atoms with E-state index in [2.05, 4.69) is 20.8 Å². The third-order valence-corrected chi connectivity index (χ3v) is 2.78. The largest absolute Gasteiger partial charge is 0.0645 e. The zero-order chi connectivity index (χ0) is 7.30. The Balaban J connectivity index is 1.69. The molecule has 0 aromatic heterocycles. The van der Waals surface area contributed by atoms with Crippen LogP contribution in [0.4, 0.5) is 0 Å². The molecule has 0 aromatic carbocycles. The summed E-state index contributed by atoms with van der Waals surface area (Å²) in [6.45, 7) is 6.93. The van der Waals surface area contributed by atoms with Gasteiger partial charge >= 0.3 is 0 Å². The van der Waals surface area contributed by atoms with Crippen molar-refractivity contribution in [2.75, 3.05) is 0 Å². The number of hydrogen-bond acceptors (Lipinski definition) is 0. The first kappa shape index (κ1) is 6.45. The molecule has 2 rings (SSSR count). The molecule has 2 aliphatic carbocycles. The molecule has 0 nitrogen and oxygen atoms in total. The molecule has 0 heterocycles. The van der Waals surface area contributed by atoms with E-state index in [4.69, 9.17) is 0 Å². The Labute approximate surface area is 63.3 Å². The molecule has 0 saturated heterocycles. The van der Waals surface area contributed by atoms with Crippen molar-refractivity contribution in [2.24, 2.45) is 17.8 Å². The molecule has 0 amide bonds. The van der Waals surface area contributed by atoms with E-state index in [9.17, 15) is 0 Å². The third kappa shape index (κ3) is 0.744. The van der Waals surface area contributed by atoms with Crippen LogP contribution in [-0.2, 0) is 0 Å². The molecule has 0 aromatic rings. The molecule has 0 atom stereocenters. The second-order valence-electron chi connectivity index (χ2n) is 4.05. The summed E-state index contributed by atoms with van der Waals surface area (Å²) < 4.78 is 0. The highest BCUT2D eigenvalue weighted by Gasteiger charge is 2.57. The Morgan fingerprint density at radius 1 is 1.20 bits per heavy atom. The summed E-state index contributed by atoms with van der Waals surface area (Å²) >= 11 is 0. The van der Waals surface area contributed by atoms with Gasteiger partial charge in [0.15, 0.2) is 0 Å². The SMILES string of the molecule is CCC1C2=C1C2CC(C)C. The summed E-state index contributed by atoms with van der Waals surface area (Å²) in [5.74, 6) is 2.91. The van der Waals surface area contributed by atoms with Crippen LogP contribution in [0, 0.1) is 17.8 Å². The predicted octanol–water partition coefficient (Wildman–Crippen LogP) is 3.00. The highest BCUT2D eigenvalue weighted by molar-refractivity contribution is 5.63. The first-order valence-electron chi connectivity index (χ1n) is 4.49. The molecular weight excluding hydrogens is 120 g/mol. The quantitative estimate of drug-likeness (QED) is 0.523. The molecule has 0 saturated carbocycles. The van der Waals surface area contributed by atoms with Crippen LogP contribution in [0.3, 0.4) is 0 Å². The van der Waals surface area contributed by atoms with E-state index in [1.165, 1.54) is 12.8 Å². The summed E-state index contributed by atoms with van der Waals surface area (Å²) in [5.41, 5.74) is 3.69. The van der Waals surface area contributed by atoms with Gasteiger partial charge in [-0.25, -0.2) is 0 Å². The summed E-state index contributed by atoms with van der Waals surface area (Å²) in [6.07, 6.45) is 2.81. The maximum atomic E-state index is 2.32. The zero-order valence-electron chi connectivity index (χ0n) is 7.15. The van der Waals surface area contributed by atoms with Crippen LogP contribution < -0.4 is 0 Å². The molecule has 0 radical (unpaired) electrons. The highest BCUT2D eigenvalue weighted by Crippen LogP contribution is 2.68. The molecule has 0 heteroatoms. The second-order valence-corrected chi connectivity index (χ2v) is 4.05. The van der Waals surface area contributed by atoms with E-state index in [0.29, 0.717) is 0 Å². The van der Waals surface area contributed by atoms with Crippen molar-refractivity contribution in [3.63, 3.8) is 0 Å². The van der Waals surface area contributed by atoms with Crippen LogP contribution in [0.25, 0.3) is 0 Å². The summed E-state index contributed by atoms with van der Waals surface area (Å²) in [7, 11) is 0. The lowest BCUT2D eigenvalue weighted by molar-refractivity contribution is 0.487. The van der Waals surface area contributed by atoms with E-state index < -0.39 is 0 Å². The first-order valence-corrected chi connectivity index (χ1v) is 4.49. The van der Waals surface area contributed by atoms with Crippen LogP contribution in [0.5, 0.6) is 0 Å². The van der Waals surface area contributed by atoms with Crippen LogP contribution in [0.15, 0.2) is 11.1 Å². The van der Waals surface area contributed by atoms with Crippen LogP contribution in [0.2, 0.25) is 0 Å². The second kappa shape index (κ2) is 1.87. The fourth-order valence-corrected chi connectivity index (χ4v) is 2.17. The van der Waals surface area contributed by atoms with Crippen molar-refractivity contribution in [1.82, 2.24) is 0 Å². The van der Waals surface area contributed by atoms with Gasteiger partial charge in [0.2, 0.25) is 0 Å². The fourth-order valence-electron chi connectivity index (χ4n) is 2.17. The van der Waals surface area contributed by atoms with Crippen molar-refractivity contribution in [3.8, 4) is 0 Å². The topological polar surface area (TPSA) is 0 Å². The Hall–Kier alpha value is -0.260. The Morgan fingerprint density at radius 2 is 1.80 bits per heavy atom. The Morgan fingerprint density at radius 3 is 2.20 bits per heavy atom. The average molecular weight is 136 g/mol. The normalized spacial score (nSPS) is 24.0. The van der Waals surface area contributed by atoms with E-state index >= 15 is 0 Å². The molecular formula is C10H16. The smallest absolute Gasteiger partial charge is 0.00276 e. The molecule has 0 spiro atoms. The maximum absolute atomic E-state index is 2.32. The van der Waals surface area contributed by atoms with E-state index in [-0.39, 0.29) is 0 Å². The van der Waals surface area contributed by atoms with Gasteiger partial charge in [-0.05, 0) is 18.8 Å². The minimum Gasteiger partial charge on any atom is -0.0645 e. The van der Waals surface area contributed by atoms with Gasteiger partial charge in [0.05, 0.1) is 0 Å². The van der Waals surface area contributed by atoms with Crippen LogP contribution in [0.1, 0.15) is 33.6 Å². The van der Waals surface area contributed by atoms with E-state index in [0.717, 1.165) is 17.8 Å². The van der Waals surface area contributed by atoms with Gasteiger partial charge in [-0.2, -0.15) is 0 Å². The lowest BCUT2D eigenvalue weighted by Gasteiger charge is -2.15. The minimum absolute atomic E-state index is 0.898. The number of rotatable bonds is 3. The molecule has 56 valence electrons. The van der Waals surface area contributed by atoms with Gasteiger partial charge in [-0.15, -0.1) is 0 Å². The van der Waals surface area contributed by atoms with Crippen molar-refractivity contribution in [1.29, 1.82) is 0 Å². The zero-order valence-corrected chi connectivity index (χ0v) is 7.15. The minimum atomic E-state index is 0.898. The fraction of sp³-hybridized carbons (Fsp3) is 0.800. The molecule has 0 N–H and O–H groups in total. The summed E-state index contributed by atoms with van der Waals surface area (Å²) in [5, 5.41) is 0. The van der Waals surface area contributed by atoms with Crippen molar-refractivity contribution >= 4 is 0 Å². The molecule has 10 heavy (non-hydrogen) atoms. The first-order chi connectivity index (χ1) is 4.75. The maximum Gasteiger partial charge on any atom is 0.00276 e. The van der Waals surface area contributed by atoms with Gasteiger partial charge in [0, 0.05) is 11.8 Å². The summed E-state index contributed by atoms with van der Waals surface area (Å²) in [6, 6.07) is 0. The van der Waals surface area contributed by atoms with E-state index in [1.54, 1.807) is 0 Å². The predicted molar refractivity (Wildman–Crippen MR) is 43.8 cm³/mol. The van der Waals surface area contributed by atoms with Crippen molar-refractivity contribution in [3.05, 3.63) is 11.1 Å². The van der Waals surface area contributed by atoms with Gasteiger partial charge in [-0.3, -0.25) is 0 Å². The monoisotopic (exact) mass is 136 g/mol. The lowest BCUT2D eigenvalue weighted by Crippen LogP contribution is -2.05. The van der Waals surface area contributed by atoms with E-state index in [1.807, 2.05) is 11.1 Å². The van der Waals surface area contributed by atoms with Crippen molar-refractivity contribution in [2.45, 2.75) is 33.6 Å². The summed E-state index contributed by atoms with van der Waals surface area (Å²) in [4.78, 5) is 0. The number of allylic oxidation sites excluding steroid dienone is 2. The molecule has 0 bridgehead atoms. The van der Waals surface area contributed by atoms with Gasteiger partial charge in [0.25, 0.3) is 0 Å². The average Bonchev–Trinajstić information content (AvgIpc) is 2.67. The van der Waals surface area contributed by atoms with Gasteiger partial charge in [0.1, 0.15) is 0 Å². The number of hydrogen-bond donors (Lipinski definition) is 0. The lowest BCUT2D eigenvalue weighted by atomic mass is 9.89. The molecule has 0 aliphatic heterocycles.